The van der Waals surface area contributed by atoms with E-state index in [-0.39, 0.29) is 11.8 Å². The Balaban J connectivity index is 0.000000894. The quantitative estimate of drug-likeness (QED) is 0.527. The van der Waals surface area contributed by atoms with Gasteiger partial charge in [0.1, 0.15) is 6.04 Å². The smallest absolute Gasteiger partial charge is 0.253 e. The van der Waals surface area contributed by atoms with Crippen molar-refractivity contribution in [2.45, 2.75) is 99.5 Å². The molecule has 34 heavy (non-hydrogen) atoms. The Bertz CT molecular complexity index is 797. The van der Waals surface area contributed by atoms with Crippen molar-refractivity contribution in [3.63, 3.8) is 0 Å². The Labute approximate surface area is 208 Å². The first-order valence-electron chi connectivity index (χ1n) is 13.5. The van der Waals surface area contributed by atoms with Crippen LogP contribution in [-0.4, -0.2) is 40.8 Å². The van der Waals surface area contributed by atoms with Crippen LogP contribution in [0.3, 0.4) is 0 Å². The zero-order valence-electron chi connectivity index (χ0n) is 22.6. The molecule has 5 nitrogen and oxygen atoms in total. The zero-order valence-corrected chi connectivity index (χ0v) is 22.6. The van der Waals surface area contributed by atoms with E-state index in [9.17, 15) is 9.59 Å². The highest BCUT2D eigenvalue weighted by atomic mass is 16.2. The Morgan fingerprint density at radius 1 is 0.971 bits per heavy atom. The van der Waals surface area contributed by atoms with E-state index in [0.717, 1.165) is 50.0 Å². The van der Waals surface area contributed by atoms with Crippen LogP contribution in [-0.2, 0) is 4.79 Å². The van der Waals surface area contributed by atoms with E-state index in [1.807, 2.05) is 52.5 Å². The summed E-state index contributed by atoms with van der Waals surface area (Å²) in [6.07, 6.45) is 16.2. The van der Waals surface area contributed by atoms with E-state index in [1.165, 1.54) is 19.3 Å². The maximum absolute atomic E-state index is 12.7. The Hall–Kier alpha value is -2.43. The summed E-state index contributed by atoms with van der Waals surface area (Å²) in [6, 6.07) is 3.12. The number of nitrogens with zero attached hydrogens (tertiary/aromatic N) is 2. The molecular weight excluding hydrogens is 422 g/mol. The van der Waals surface area contributed by atoms with Crippen LogP contribution < -0.4 is 5.32 Å². The maximum Gasteiger partial charge on any atom is 0.253 e. The number of nitrogens with one attached hydrogen (secondary N) is 1. The molecule has 1 N–H and O–H groups in total. The number of likely N-dealkylation sites (tertiary alicyclic amines) is 1. The van der Waals surface area contributed by atoms with Crippen molar-refractivity contribution in [1.82, 2.24) is 15.2 Å². The van der Waals surface area contributed by atoms with Crippen molar-refractivity contribution in [2.75, 3.05) is 13.1 Å². The summed E-state index contributed by atoms with van der Waals surface area (Å²) >= 11 is 0. The van der Waals surface area contributed by atoms with Crippen LogP contribution in [0.5, 0.6) is 0 Å². The average Bonchev–Trinajstić information content (AvgIpc) is 2.91. The van der Waals surface area contributed by atoms with Crippen LogP contribution in [0.1, 0.15) is 109 Å². The van der Waals surface area contributed by atoms with Gasteiger partial charge < -0.3 is 10.2 Å². The lowest BCUT2D eigenvalue weighted by molar-refractivity contribution is -0.136. The molecule has 2 fully saturated rings. The van der Waals surface area contributed by atoms with Crippen LogP contribution in [0.25, 0.3) is 5.57 Å². The molecule has 5 heteroatoms. The molecule has 190 valence electrons. The molecule has 1 saturated carbocycles. The van der Waals surface area contributed by atoms with E-state index < -0.39 is 6.04 Å². The molecule has 0 aromatic carbocycles. The molecule has 1 aromatic heterocycles. The molecule has 2 aliphatic carbocycles. The molecule has 2 heterocycles. The maximum atomic E-state index is 12.7. The Morgan fingerprint density at radius 2 is 1.62 bits per heavy atom. The van der Waals surface area contributed by atoms with Gasteiger partial charge in [-0.2, -0.15) is 0 Å². The second-order valence-electron chi connectivity index (χ2n) is 8.45. The van der Waals surface area contributed by atoms with Crippen molar-refractivity contribution in [2.24, 2.45) is 5.41 Å². The number of hydrogen-bond donors (Lipinski definition) is 1. The van der Waals surface area contributed by atoms with Gasteiger partial charge in [-0.3, -0.25) is 14.6 Å². The highest BCUT2D eigenvalue weighted by Crippen LogP contribution is 2.48. The number of piperidine rings is 1. The summed E-state index contributed by atoms with van der Waals surface area (Å²) in [5.41, 5.74) is 2.96. The standard InChI is InChI=1S/C23H29N3O2.3C2H6/c1-17(22(28)26-14-12-23(13-15-26)10-5-11-23)25-21(27)19-8-9-20(24-16-19)18-6-3-2-4-7-18;3*1-2/h3,6-9,16-17H,2,4-5,10-15H2,1H3,(H,25,27);3*1-2H3. The molecule has 1 aliphatic heterocycles. The number of amides is 2. The van der Waals surface area contributed by atoms with Crippen molar-refractivity contribution in [3.05, 3.63) is 47.8 Å². The molecular formula is C29H47N3O2. The largest absolute Gasteiger partial charge is 0.341 e. The molecule has 1 aromatic rings. The topological polar surface area (TPSA) is 62.3 Å². The van der Waals surface area contributed by atoms with Gasteiger partial charge in [0.2, 0.25) is 5.91 Å². The molecule has 4 rings (SSSR count). The predicted molar refractivity (Wildman–Crippen MR) is 144 cm³/mol. The minimum atomic E-state index is -0.522. The number of allylic oxidation sites excluding steroid dienone is 4. The first kappa shape index (κ1) is 29.6. The van der Waals surface area contributed by atoms with Crippen molar-refractivity contribution >= 4 is 17.4 Å². The molecule has 1 saturated heterocycles. The van der Waals surface area contributed by atoms with Crippen LogP contribution >= 0.6 is 0 Å². The lowest BCUT2D eigenvalue weighted by Crippen LogP contribution is -2.52. The number of carbonyl (C=O) groups excluding carboxylic acids is 2. The Morgan fingerprint density at radius 3 is 2.09 bits per heavy atom. The van der Waals surface area contributed by atoms with Crippen molar-refractivity contribution in [1.29, 1.82) is 0 Å². The van der Waals surface area contributed by atoms with Gasteiger partial charge in [0.15, 0.2) is 0 Å². The van der Waals surface area contributed by atoms with Gasteiger partial charge in [0, 0.05) is 19.3 Å². The lowest BCUT2D eigenvalue weighted by atomic mass is 9.63. The third-order valence-electron chi connectivity index (χ3n) is 6.58. The first-order chi connectivity index (χ1) is 16.6. The van der Waals surface area contributed by atoms with Crippen LogP contribution in [0.2, 0.25) is 0 Å². The molecule has 0 radical (unpaired) electrons. The van der Waals surface area contributed by atoms with E-state index in [4.69, 9.17) is 0 Å². The summed E-state index contributed by atoms with van der Waals surface area (Å²) < 4.78 is 0. The molecule has 1 spiro atoms. The fraction of sp³-hybridized carbons (Fsp3) is 0.621. The van der Waals surface area contributed by atoms with E-state index in [0.29, 0.717) is 11.0 Å². The Kier molecular flexibility index (Phi) is 13.5. The summed E-state index contributed by atoms with van der Waals surface area (Å²) in [6.45, 7) is 15.4. The minimum Gasteiger partial charge on any atom is -0.341 e. The molecule has 3 aliphatic rings. The third-order valence-corrected chi connectivity index (χ3v) is 6.58. The number of pyridine rings is 1. The molecule has 1 unspecified atom stereocenters. The zero-order chi connectivity index (χ0) is 25.6. The molecule has 1 atom stereocenters. The SMILES string of the molecule is CC.CC.CC.CC(NC(=O)c1ccc(C2=CCCC=C2)nc1)C(=O)N1CCC2(CCC2)CC1. The van der Waals surface area contributed by atoms with Gasteiger partial charge in [-0.1, -0.05) is 66.2 Å². The number of aromatic nitrogens is 1. The monoisotopic (exact) mass is 469 g/mol. The van der Waals surface area contributed by atoms with Crippen LogP contribution in [0.4, 0.5) is 0 Å². The summed E-state index contributed by atoms with van der Waals surface area (Å²) in [5.74, 6) is -0.231. The number of carbonyl (C=O) groups is 2. The normalized spacial score (nSPS) is 18.3. The van der Waals surface area contributed by atoms with E-state index in [2.05, 4.69) is 28.5 Å². The van der Waals surface area contributed by atoms with Crippen LogP contribution in [0.15, 0.2) is 36.6 Å². The van der Waals surface area contributed by atoms with Gasteiger partial charge in [-0.15, -0.1) is 0 Å². The highest BCUT2D eigenvalue weighted by molar-refractivity contribution is 5.97. The van der Waals surface area contributed by atoms with Crippen molar-refractivity contribution in [3.8, 4) is 0 Å². The summed E-state index contributed by atoms with van der Waals surface area (Å²) in [5, 5.41) is 2.84. The van der Waals surface area contributed by atoms with Crippen molar-refractivity contribution < 1.29 is 9.59 Å². The average molecular weight is 470 g/mol. The lowest BCUT2D eigenvalue weighted by Gasteiger charge is -2.48. The number of hydrogen-bond acceptors (Lipinski definition) is 3. The fourth-order valence-corrected chi connectivity index (χ4v) is 4.50. The minimum absolute atomic E-state index is 0.0181. The van der Waals surface area contributed by atoms with Gasteiger partial charge in [-0.25, -0.2) is 0 Å². The number of rotatable bonds is 4. The fourth-order valence-electron chi connectivity index (χ4n) is 4.50. The third kappa shape index (κ3) is 7.82. The highest BCUT2D eigenvalue weighted by Gasteiger charge is 2.40. The second-order valence-corrected chi connectivity index (χ2v) is 8.45. The summed E-state index contributed by atoms with van der Waals surface area (Å²) in [4.78, 5) is 31.6. The second kappa shape index (κ2) is 15.5. The van der Waals surface area contributed by atoms with Gasteiger partial charge in [0.05, 0.1) is 11.3 Å². The molecule has 2 amide bonds. The van der Waals surface area contributed by atoms with E-state index >= 15 is 0 Å². The van der Waals surface area contributed by atoms with Gasteiger partial charge >= 0.3 is 0 Å². The van der Waals surface area contributed by atoms with E-state index in [1.54, 1.807) is 19.2 Å². The first-order valence-corrected chi connectivity index (χ1v) is 13.5. The molecule has 0 bridgehead atoms. The van der Waals surface area contributed by atoms with Gasteiger partial charge in [-0.05, 0) is 68.6 Å². The van der Waals surface area contributed by atoms with Gasteiger partial charge in [0.25, 0.3) is 5.91 Å². The van der Waals surface area contributed by atoms with Crippen LogP contribution in [0, 0.1) is 5.41 Å². The summed E-state index contributed by atoms with van der Waals surface area (Å²) in [7, 11) is 0. The predicted octanol–water partition coefficient (Wildman–Crippen LogP) is 6.80.